The van der Waals surface area contributed by atoms with Gasteiger partial charge in [-0.2, -0.15) is 10.5 Å². The molecule has 1 unspecified atom stereocenters. The Morgan fingerprint density at radius 1 is 1.23 bits per heavy atom. The quantitative estimate of drug-likeness (QED) is 0.922. The van der Waals surface area contributed by atoms with Crippen molar-refractivity contribution in [2.24, 2.45) is 5.92 Å². The minimum absolute atomic E-state index is 0.166. The summed E-state index contributed by atoms with van der Waals surface area (Å²) in [4.78, 5) is 14.5. The van der Waals surface area contributed by atoms with Crippen LogP contribution in [0.2, 0.25) is 0 Å². The summed E-state index contributed by atoms with van der Waals surface area (Å²) in [6, 6.07) is 13.7. The Balaban J connectivity index is 1.73. The van der Waals surface area contributed by atoms with Crippen LogP contribution in [-0.4, -0.2) is 19.0 Å². The molecule has 26 heavy (non-hydrogen) atoms. The topological polar surface area (TPSA) is 79.9 Å². The molecule has 1 heterocycles. The Kier molecular flexibility index (Phi) is 4.86. The lowest BCUT2D eigenvalue weighted by Crippen LogP contribution is -2.27. The number of halogens is 1. The zero-order chi connectivity index (χ0) is 18.7. The number of anilines is 2. The number of rotatable bonds is 3. The molecule has 1 atom stereocenters. The predicted molar refractivity (Wildman–Crippen MR) is 96.0 cm³/mol. The Morgan fingerprint density at radius 2 is 2.00 bits per heavy atom. The maximum atomic E-state index is 13.9. The largest absolute Gasteiger partial charge is 0.368 e. The third kappa shape index (κ3) is 3.22. The summed E-state index contributed by atoms with van der Waals surface area (Å²) < 4.78 is 13.9. The molecule has 130 valence electrons. The molecule has 0 aromatic heterocycles. The Hall–Kier alpha value is -3.38. The number of para-hydroxylation sites is 1. The first-order chi connectivity index (χ1) is 12.5. The van der Waals surface area contributed by atoms with E-state index in [9.17, 15) is 14.4 Å². The van der Waals surface area contributed by atoms with Crippen molar-refractivity contribution in [2.45, 2.75) is 13.3 Å². The van der Waals surface area contributed by atoms with Gasteiger partial charge < -0.3 is 10.2 Å². The molecule has 0 aliphatic carbocycles. The van der Waals surface area contributed by atoms with Crippen LogP contribution in [0.1, 0.15) is 23.1 Å². The lowest BCUT2D eigenvalue weighted by molar-refractivity contribution is -0.119. The molecule has 1 amide bonds. The van der Waals surface area contributed by atoms with Gasteiger partial charge in [-0.1, -0.05) is 12.1 Å². The Bertz CT molecular complexity index is 942. The minimum atomic E-state index is -0.296. The number of nitrogens with one attached hydrogen (secondary N) is 1. The highest BCUT2D eigenvalue weighted by Gasteiger charge is 2.30. The molecule has 3 rings (SSSR count). The van der Waals surface area contributed by atoms with Gasteiger partial charge >= 0.3 is 0 Å². The summed E-state index contributed by atoms with van der Waals surface area (Å²) in [5.41, 5.74) is 2.15. The van der Waals surface area contributed by atoms with Gasteiger partial charge in [0.05, 0.1) is 22.7 Å². The molecular formula is C20H17FN4O. The molecule has 0 spiro atoms. The molecule has 0 radical (unpaired) electrons. The fourth-order valence-electron chi connectivity index (χ4n) is 3.22. The average molecular weight is 348 g/mol. The van der Waals surface area contributed by atoms with Crippen LogP contribution in [0, 0.1) is 41.3 Å². The second-order valence-electron chi connectivity index (χ2n) is 6.26. The van der Waals surface area contributed by atoms with Gasteiger partial charge in [0.2, 0.25) is 5.91 Å². The highest BCUT2D eigenvalue weighted by atomic mass is 19.1. The first kappa shape index (κ1) is 17.4. The van der Waals surface area contributed by atoms with E-state index in [-0.39, 0.29) is 28.8 Å². The van der Waals surface area contributed by atoms with Crippen LogP contribution in [0.25, 0.3) is 0 Å². The summed E-state index contributed by atoms with van der Waals surface area (Å²) in [6.45, 7) is 2.75. The number of carbonyl (C=O) groups is 1. The van der Waals surface area contributed by atoms with Gasteiger partial charge in [0.15, 0.2) is 0 Å². The van der Waals surface area contributed by atoms with E-state index in [0.29, 0.717) is 36.4 Å². The normalized spacial score (nSPS) is 16.0. The molecule has 1 fully saturated rings. The summed E-state index contributed by atoms with van der Waals surface area (Å²) in [7, 11) is 0. The van der Waals surface area contributed by atoms with Crippen LogP contribution in [-0.2, 0) is 4.79 Å². The zero-order valence-electron chi connectivity index (χ0n) is 14.3. The monoisotopic (exact) mass is 348 g/mol. The number of nitriles is 2. The lowest BCUT2D eigenvalue weighted by Gasteiger charge is -2.19. The van der Waals surface area contributed by atoms with E-state index < -0.39 is 0 Å². The van der Waals surface area contributed by atoms with Crippen molar-refractivity contribution < 1.29 is 9.18 Å². The summed E-state index contributed by atoms with van der Waals surface area (Å²) >= 11 is 0. The van der Waals surface area contributed by atoms with E-state index in [2.05, 4.69) is 5.32 Å². The number of nitrogens with zero attached hydrogens (tertiary/aromatic N) is 3. The Morgan fingerprint density at radius 3 is 2.69 bits per heavy atom. The number of benzene rings is 2. The molecule has 1 saturated heterocycles. The summed E-state index contributed by atoms with van der Waals surface area (Å²) in [6.07, 6.45) is 0.626. The highest BCUT2D eigenvalue weighted by molar-refractivity contribution is 5.94. The van der Waals surface area contributed by atoms with Gasteiger partial charge in [-0.3, -0.25) is 4.79 Å². The van der Waals surface area contributed by atoms with Gasteiger partial charge in [0.25, 0.3) is 0 Å². The number of amides is 1. The third-order valence-corrected chi connectivity index (χ3v) is 4.71. The molecule has 2 aromatic carbocycles. The molecule has 6 heteroatoms. The van der Waals surface area contributed by atoms with E-state index >= 15 is 0 Å². The van der Waals surface area contributed by atoms with E-state index in [1.807, 2.05) is 17.0 Å². The van der Waals surface area contributed by atoms with Crippen LogP contribution in [0.5, 0.6) is 0 Å². The van der Waals surface area contributed by atoms with Crippen LogP contribution in [0.3, 0.4) is 0 Å². The first-order valence-electron chi connectivity index (χ1n) is 8.29. The van der Waals surface area contributed by atoms with Crippen LogP contribution in [0.4, 0.5) is 15.8 Å². The predicted octanol–water partition coefficient (Wildman–Crippen LogP) is 3.34. The van der Waals surface area contributed by atoms with Crippen molar-refractivity contribution in [1.82, 2.24) is 0 Å². The van der Waals surface area contributed by atoms with Gasteiger partial charge in [-0.25, -0.2) is 4.39 Å². The van der Waals surface area contributed by atoms with E-state index in [1.54, 1.807) is 31.2 Å². The van der Waals surface area contributed by atoms with Gasteiger partial charge in [0, 0.05) is 18.8 Å². The molecule has 1 aliphatic rings. The Labute approximate surface area is 151 Å². The smallest absolute Gasteiger partial charge is 0.229 e. The zero-order valence-corrected chi connectivity index (χ0v) is 14.3. The molecule has 5 nitrogen and oxygen atoms in total. The fourth-order valence-corrected chi connectivity index (χ4v) is 3.22. The molecule has 1 N–H and O–H groups in total. The van der Waals surface area contributed by atoms with Crippen molar-refractivity contribution in [2.75, 3.05) is 23.3 Å². The van der Waals surface area contributed by atoms with Crippen molar-refractivity contribution in [3.8, 4) is 12.1 Å². The molecular weight excluding hydrogens is 331 g/mol. The summed E-state index contributed by atoms with van der Waals surface area (Å²) in [5, 5.41) is 21.1. The maximum Gasteiger partial charge on any atom is 0.229 e. The number of hydrogen-bond donors (Lipinski definition) is 1. The van der Waals surface area contributed by atoms with Gasteiger partial charge in [0.1, 0.15) is 18.0 Å². The molecule has 0 saturated carbocycles. The average Bonchev–Trinajstić information content (AvgIpc) is 3.13. The van der Waals surface area contributed by atoms with Crippen molar-refractivity contribution >= 4 is 17.3 Å². The molecule has 2 aromatic rings. The van der Waals surface area contributed by atoms with Crippen molar-refractivity contribution in [3.05, 3.63) is 58.9 Å². The van der Waals surface area contributed by atoms with Crippen molar-refractivity contribution in [1.29, 1.82) is 10.5 Å². The highest BCUT2D eigenvalue weighted by Crippen LogP contribution is 2.28. The van der Waals surface area contributed by atoms with Crippen molar-refractivity contribution in [3.63, 3.8) is 0 Å². The SMILES string of the molecule is Cc1c(NC(=O)C2CCN(c3ccccc3F)C2)ccc(C#N)c1C#N. The molecule has 0 bridgehead atoms. The van der Waals surface area contributed by atoms with Gasteiger partial charge in [-0.05, 0) is 43.2 Å². The second kappa shape index (κ2) is 7.25. The van der Waals surface area contributed by atoms with E-state index in [1.165, 1.54) is 12.1 Å². The van der Waals surface area contributed by atoms with E-state index in [4.69, 9.17) is 5.26 Å². The second-order valence-corrected chi connectivity index (χ2v) is 6.26. The van der Waals surface area contributed by atoms with Crippen LogP contribution in [0.15, 0.2) is 36.4 Å². The number of hydrogen-bond acceptors (Lipinski definition) is 4. The van der Waals surface area contributed by atoms with Crippen LogP contribution >= 0.6 is 0 Å². The lowest BCUT2D eigenvalue weighted by atomic mass is 10.0. The fraction of sp³-hybridized carbons (Fsp3) is 0.250. The standard InChI is InChI=1S/C20H17FN4O/c1-13-16(11-23)14(10-22)6-7-18(13)24-20(26)15-8-9-25(12-15)19-5-3-2-4-17(19)21/h2-7,15H,8-9,12H2,1H3,(H,24,26). The molecule has 1 aliphatic heterocycles. The van der Waals surface area contributed by atoms with E-state index in [0.717, 1.165) is 0 Å². The summed E-state index contributed by atoms with van der Waals surface area (Å²) in [5.74, 6) is -0.731. The number of carbonyl (C=O) groups excluding carboxylic acids is 1. The third-order valence-electron chi connectivity index (χ3n) is 4.71. The van der Waals surface area contributed by atoms with Crippen LogP contribution < -0.4 is 10.2 Å². The minimum Gasteiger partial charge on any atom is -0.368 e. The van der Waals surface area contributed by atoms with Gasteiger partial charge in [-0.15, -0.1) is 0 Å². The first-order valence-corrected chi connectivity index (χ1v) is 8.29. The maximum absolute atomic E-state index is 13.9.